The Bertz CT molecular complexity index is 1260. The molecule has 0 spiro atoms. The number of thioether (sulfide) groups is 1. The summed E-state index contributed by atoms with van der Waals surface area (Å²) in [6.45, 7) is 3.55. The first-order valence-corrected chi connectivity index (χ1v) is 11.6. The lowest BCUT2D eigenvalue weighted by molar-refractivity contribution is -0.113. The number of aryl methyl sites for hydroxylation is 2. The summed E-state index contributed by atoms with van der Waals surface area (Å²) in [5, 5.41) is 2.80. The predicted octanol–water partition coefficient (Wildman–Crippen LogP) is 4.80. The molecule has 3 aromatic rings. The third-order valence-electron chi connectivity index (χ3n) is 5.15. The molecule has 3 aromatic carbocycles. The maximum absolute atomic E-state index is 12.7. The summed E-state index contributed by atoms with van der Waals surface area (Å²) in [4.78, 5) is 38.3. The van der Waals surface area contributed by atoms with Crippen LogP contribution < -0.4 is 14.8 Å². The zero-order chi connectivity index (χ0) is 24.1. The molecule has 8 heteroatoms. The van der Waals surface area contributed by atoms with E-state index in [9.17, 15) is 14.4 Å². The lowest BCUT2D eigenvalue weighted by Crippen LogP contribution is -2.17. The Balaban J connectivity index is 1.34. The van der Waals surface area contributed by atoms with Gasteiger partial charge in [0.15, 0.2) is 18.1 Å². The van der Waals surface area contributed by atoms with Gasteiger partial charge in [-0.2, -0.15) is 0 Å². The third kappa shape index (κ3) is 5.58. The highest BCUT2D eigenvalue weighted by Crippen LogP contribution is 2.34. The van der Waals surface area contributed by atoms with Crippen molar-refractivity contribution in [2.45, 2.75) is 18.7 Å². The molecule has 1 aliphatic rings. The van der Waals surface area contributed by atoms with Crippen molar-refractivity contribution in [3.63, 3.8) is 0 Å². The largest absolute Gasteiger partial charge is 0.454 e. The summed E-state index contributed by atoms with van der Waals surface area (Å²) in [5.74, 6) is 0.183. The van der Waals surface area contributed by atoms with Crippen molar-refractivity contribution in [3.05, 3.63) is 82.9 Å². The van der Waals surface area contributed by atoms with Crippen molar-refractivity contribution in [2.24, 2.45) is 0 Å². The standard InChI is InChI=1S/C26H23NO6S/c1-16-7-8-17(2)20(11-16)21(28)13-31-26(30)19-5-3-4-6-24(19)34-14-25(29)27-18-9-10-22-23(12-18)33-15-32-22/h3-12H,13-15H2,1-2H3,(H,27,29). The van der Waals surface area contributed by atoms with E-state index < -0.39 is 5.97 Å². The van der Waals surface area contributed by atoms with Gasteiger partial charge in [0.2, 0.25) is 18.5 Å². The molecule has 1 aliphatic heterocycles. The van der Waals surface area contributed by atoms with Crippen molar-refractivity contribution in [1.29, 1.82) is 0 Å². The average Bonchev–Trinajstić information content (AvgIpc) is 3.30. The van der Waals surface area contributed by atoms with Gasteiger partial charge in [-0.3, -0.25) is 9.59 Å². The first-order valence-electron chi connectivity index (χ1n) is 10.6. The second-order valence-corrected chi connectivity index (χ2v) is 8.74. The highest BCUT2D eigenvalue weighted by atomic mass is 32.2. The maximum atomic E-state index is 12.7. The Labute approximate surface area is 201 Å². The SMILES string of the molecule is Cc1ccc(C)c(C(=O)COC(=O)c2ccccc2SCC(=O)Nc2ccc3c(c2)OCO3)c1. The molecule has 1 N–H and O–H groups in total. The zero-order valence-electron chi connectivity index (χ0n) is 18.8. The fraction of sp³-hybridized carbons (Fsp3) is 0.192. The number of carbonyl (C=O) groups is 3. The van der Waals surface area contributed by atoms with Gasteiger partial charge < -0.3 is 19.5 Å². The quantitative estimate of drug-likeness (QED) is 0.283. The van der Waals surface area contributed by atoms with E-state index in [1.165, 1.54) is 11.8 Å². The van der Waals surface area contributed by atoms with E-state index in [1.54, 1.807) is 48.5 Å². The first-order chi connectivity index (χ1) is 16.4. The van der Waals surface area contributed by atoms with Crippen LogP contribution in [0.2, 0.25) is 0 Å². The monoisotopic (exact) mass is 477 g/mol. The number of ketones is 1. The lowest BCUT2D eigenvalue weighted by atomic mass is 10.0. The Morgan fingerprint density at radius 3 is 2.59 bits per heavy atom. The number of ether oxygens (including phenoxy) is 3. The van der Waals surface area contributed by atoms with Crippen molar-refractivity contribution >= 4 is 35.1 Å². The summed E-state index contributed by atoms with van der Waals surface area (Å²) in [7, 11) is 0. The number of amides is 1. The van der Waals surface area contributed by atoms with Crippen molar-refractivity contribution in [3.8, 4) is 11.5 Å². The number of rotatable bonds is 8. The molecule has 7 nitrogen and oxygen atoms in total. The van der Waals surface area contributed by atoms with Crippen LogP contribution in [0.3, 0.4) is 0 Å². The third-order valence-corrected chi connectivity index (χ3v) is 6.22. The number of benzene rings is 3. The number of hydrogen-bond donors (Lipinski definition) is 1. The summed E-state index contributed by atoms with van der Waals surface area (Å²) >= 11 is 1.21. The Kier molecular flexibility index (Phi) is 7.18. The molecule has 1 heterocycles. The Hall–Kier alpha value is -3.78. The minimum atomic E-state index is -0.613. The van der Waals surface area contributed by atoms with E-state index in [4.69, 9.17) is 14.2 Å². The van der Waals surface area contributed by atoms with Crippen LogP contribution in [0.25, 0.3) is 0 Å². The van der Waals surface area contributed by atoms with Crippen molar-refractivity contribution < 1.29 is 28.6 Å². The number of nitrogens with one attached hydrogen (secondary N) is 1. The molecule has 0 fully saturated rings. The number of Topliss-reactive ketones (excluding diaryl/α,β-unsaturated/α-hetero) is 1. The number of hydrogen-bond acceptors (Lipinski definition) is 7. The number of anilines is 1. The minimum absolute atomic E-state index is 0.0835. The maximum Gasteiger partial charge on any atom is 0.339 e. The summed E-state index contributed by atoms with van der Waals surface area (Å²) in [6, 6.07) is 17.6. The molecule has 174 valence electrons. The molecule has 0 aromatic heterocycles. The van der Waals surface area contributed by atoms with Crippen molar-refractivity contribution in [1.82, 2.24) is 0 Å². The number of esters is 1. The van der Waals surface area contributed by atoms with E-state index in [0.717, 1.165) is 11.1 Å². The van der Waals surface area contributed by atoms with Gasteiger partial charge >= 0.3 is 5.97 Å². The molecule has 0 radical (unpaired) electrons. The van der Waals surface area contributed by atoms with Gasteiger partial charge in [0.25, 0.3) is 0 Å². The second-order valence-electron chi connectivity index (χ2n) is 7.72. The van der Waals surface area contributed by atoms with Crippen LogP contribution >= 0.6 is 11.8 Å². The molecule has 4 rings (SSSR count). The van der Waals surface area contributed by atoms with Crippen molar-refractivity contribution in [2.75, 3.05) is 24.5 Å². The molecule has 0 saturated carbocycles. The zero-order valence-corrected chi connectivity index (χ0v) is 19.6. The van der Waals surface area contributed by atoms with E-state index in [1.807, 2.05) is 26.0 Å². The highest BCUT2D eigenvalue weighted by molar-refractivity contribution is 8.00. The summed E-state index contributed by atoms with van der Waals surface area (Å²) in [5.41, 5.74) is 3.22. The smallest absolute Gasteiger partial charge is 0.339 e. The van der Waals surface area contributed by atoms with Crippen LogP contribution in [0, 0.1) is 13.8 Å². The molecule has 0 aliphatic carbocycles. The van der Waals surface area contributed by atoms with Crippen LogP contribution in [0.1, 0.15) is 31.8 Å². The van der Waals surface area contributed by atoms with Gasteiger partial charge in [-0.1, -0.05) is 29.8 Å². The van der Waals surface area contributed by atoms with Crippen LogP contribution in [0.5, 0.6) is 11.5 Å². The number of carbonyl (C=O) groups excluding carboxylic acids is 3. The average molecular weight is 478 g/mol. The highest BCUT2D eigenvalue weighted by Gasteiger charge is 2.18. The van der Waals surface area contributed by atoms with Crippen LogP contribution in [-0.2, 0) is 9.53 Å². The molecule has 0 bridgehead atoms. The lowest BCUT2D eigenvalue weighted by Gasteiger charge is -2.11. The van der Waals surface area contributed by atoms with E-state index in [-0.39, 0.29) is 30.8 Å². The minimum Gasteiger partial charge on any atom is -0.454 e. The van der Waals surface area contributed by atoms with E-state index in [0.29, 0.717) is 33.2 Å². The second kappa shape index (κ2) is 10.4. The molecule has 0 unspecified atom stereocenters. The van der Waals surface area contributed by atoms with Gasteiger partial charge in [-0.05, 0) is 49.7 Å². The van der Waals surface area contributed by atoms with Crippen LogP contribution in [-0.4, -0.2) is 36.8 Å². The first kappa shape index (κ1) is 23.4. The van der Waals surface area contributed by atoms with Gasteiger partial charge in [0.05, 0.1) is 11.3 Å². The molecular formula is C26H23NO6S. The molecular weight excluding hydrogens is 454 g/mol. The molecule has 0 saturated heterocycles. The van der Waals surface area contributed by atoms with Gasteiger partial charge in [-0.25, -0.2) is 4.79 Å². The fourth-order valence-corrected chi connectivity index (χ4v) is 4.24. The number of fused-ring (bicyclic) bond motifs is 1. The fourth-order valence-electron chi connectivity index (χ4n) is 3.40. The molecule has 0 atom stereocenters. The van der Waals surface area contributed by atoms with E-state index in [2.05, 4.69) is 5.32 Å². The van der Waals surface area contributed by atoms with Crippen LogP contribution in [0.15, 0.2) is 65.6 Å². The Morgan fingerprint density at radius 2 is 1.74 bits per heavy atom. The Morgan fingerprint density at radius 1 is 0.941 bits per heavy atom. The predicted molar refractivity (Wildman–Crippen MR) is 129 cm³/mol. The van der Waals surface area contributed by atoms with Gasteiger partial charge in [0.1, 0.15) is 0 Å². The normalized spacial score (nSPS) is 11.7. The molecule has 34 heavy (non-hydrogen) atoms. The summed E-state index contributed by atoms with van der Waals surface area (Å²) in [6.07, 6.45) is 0. The van der Waals surface area contributed by atoms with Gasteiger partial charge in [-0.15, -0.1) is 11.8 Å². The topological polar surface area (TPSA) is 90.9 Å². The summed E-state index contributed by atoms with van der Waals surface area (Å²) < 4.78 is 15.9. The van der Waals surface area contributed by atoms with E-state index >= 15 is 0 Å². The van der Waals surface area contributed by atoms with Crippen LogP contribution in [0.4, 0.5) is 5.69 Å². The van der Waals surface area contributed by atoms with Gasteiger partial charge in [0, 0.05) is 22.2 Å². The molecule has 1 amide bonds.